The van der Waals surface area contributed by atoms with Crippen LogP contribution >= 0.6 is 11.3 Å². The highest BCUT2D eigenvalue weighted by Crippen LogP contribution is 2.28. The zero-order valence-electron chi connectivity index (χ0n) is 18.4. The summed E-state index contributed by atoms with van der Waals surface area (Å²) in [6, 6.07) is 19.2. The Morgan fingerprint density at radius 1 is 0.941 bits per heavy atom. The molecule has 0 radical (unpaired) electrons. The van der Waals surface area contributed by atoms with Gasteiger partial charge in [-0.15, -0.1) is 10.2 Å². The third-order valence-electron chi connectivity index (χ3n) is 4.99. The molecule has 4 rings (SSSR count). The number of anilines is 2. The van der Waals surface area contributed by atoms with Crippen molar-refractivity contribution >= 4 is 38.1 Å². The highest BCUT2D eigenvalue weighted by Gasteiger charge is 2.29. The summed E-state index contributed by atoms with van der Waals surface area (Å²) in [6.45, 7) is 3.16. The molecule has 0 bridgehead atoms. The number of amides is 1. The number of aryl methyl sites for hydroxylation is 2. The minimum Gasteiger partial charge on any atom is -0.299 e. The predicted octanol–water partition coefficient (Wildman–Crippen LogP) is 4.80. The van der Waals surface area contributed by atoms with Crippen molar-refractivity contribution in [3.05, 3.63) is 89.7 Å². The second-order valence-electron chi connectivity index (χ2n) is 7.60. The van der Waals surface area contributed by atoms with Crippen LogP contribution in [0.3, 0.4) is 0 Å². The molecule has 0 spiro atoms. The van der Waals surface area contributed by atoms with Gasteiger partial charge in [-0.2, -0.15) is 0 Å². The van der Waals surface area contributed by atoms with Crippen molar-refractivity contribution < 1.29 is 17.6 Å². The standard InChI is InChI=1S/C24H21FN4O3S2/c1-16-7-11-18(12-8-16)23-27-28-24(33-23)26-22(30)15-29(21-6-4-3-5-20(21)25)34(31,32)19-13-9-17(2)10-14-19/h3-14H,15H2,1-2H3,(H,26,28,30). The number of carbonyl (C=O) groups excluding carboxylic acids is 1. The number of hydrogen-bond acceptors (Lipinski definition) is 6. The highest BCUT2D eigenvalue weighted by molar-refractivity contribution is 7.92. The minimum absolute atomic E-state index is 0.0493. The number of nitrogens with zero attached hydrogens (tertiary/aromatic N) is 3. The van der Waals surface area contributed by atoms with Gasteiger partial charge < -0.3 is 0 Å². The molecule has 34 heavy (non-hydrogen) atoms. The first-order valence-electron chi connectivity index (χ1n) is 10.3. The van der Waals surface area contributed by atoms with E-state index in [1.54, 1.807) is 12.1 Å². The Hall–Kier alpha value is -3.63. The van der Waals surface area contributed by atoms with Crippen LogP contribution in [-0.4, -0.2) is 31.1 Å². The largest absolute Gasteiger partial charge is 0.299 e. The van der Waals surface area contributed by atoms with E-state index in [0.717, 1.165) is 38.4 Å². The van der Waals surface area contributed by atoms with Gasteiger partial charge in [-0.25, -0.2) is 12.8 Å². The molecule has 1 heterocycles. The molecular formula is C24H21FN4O3S2. The van der Waals surface area contributed by atoms with Crippen molar-refractivity contribution in [2.45, 2.75) is 18.7 Å². The lowest BCUT2D eigenvalue weighted by atomic mass is 10.2. The predicted molar refractivity (Wildman–Crippen MR) is 131 cm³/mol. The van der Waals surface area contributed by atoms with E-state index in [2.05, 4.69) is 15.5 Å². The van der Waals surface area contributed by atoms with Crippen molar-refractivity contribution in [2.75, 3.05) is 16.2 Å². The Kier molecular flexibility index (Phi) is 6.71. The monoisotopic (exact) mass is 496 g/mol. The number of para-hydroxylation sites is 1. The SMILES string of the molecule is Cc1ccc(-c2nnc(NC(=O)CN(c3ccccc3F)S(=O)(=O)c3ccc(C)cc3)s2)cc1. The molecule has 0 atom stereocenters. The maximum atomic E-state index is 14.6. The molecule has 7 nitrogen and oxygen atoms in total. The summed E-state index contributed by atoms with van der Waals surface area (Å²) in [5.41, 5.74) is 2.59. The van der Waals surface area contributed by atoms with Crippen molar-refractivity contribution in [1.29, 1.82) is 0 Å². The van der Waals surface area contributed by atoms with E-state index in [0.29, 0.717) is 5.01 Å². The Morgan fingerprint density at radius 2 is 1.56 bits per heavy atom. The van der Waals surface area contributed by atoms with Crippen LogP contribution in [0.4, 0.5) is 15.2 Å². The normalized spacial score (nSPS) is 11.3. The minimum atomic E-state index is -4.22. The summed E-state index contributed by atoms with van der Waals surface area (Å²) in [7, 11) is -4.22. The highest BCUT2D eigenvalue weighted by atomic mass is 32.2. The summed E-state index contributed by atoms with van der Waals surface area (Å²) >= 11 is 1.16. The van der Waals surface area contributed by atoms with Gasteiger partial charge in [0.05, 0.1) is 10.6 Å². The van der Waals surface area contributed by atoms with Crippen molar-refractivity contribution in [2.24, 2.45) is 0 Å². The second kappa shape index (κ2) is 9.70. The first-order valence-corrected chi connectivity index (χ1v) is 12.5. The van der Waals surface area contributed by atoms with Crippen molar-refractivity contribution in [3.63, 3.8) is 0 Å². The number of carbonyl (C=O) groups is 1. The Morgan fingerprint density at radius 3 is 2.21 bits per heavy atom. The molecular weight excluding hydrogens is 475 g/mol. The van der Waals surface area contributed by atoms with Gasteiger partial charge in [0.2, 0.25) is 11.0 Å². The average molecular weight is 497 g/mol. The molecule has 1 aromatic heterocycles. The summed E-state index contributed by atoms with van der Waals surface area (Å²) < 4.78 is 42.1. The van der Waals surface area contributed by atoms with Crippen LogP contribution < -0.4 is 9.62 Å². The van der Waals surface area contributed by atoms with Gasteiger partial charge in [-0.1, -0.05) is 71.0 Å². The average Bonchev–Trinajstić information content (AvgIpc) is 3.27. The van der Waals surface area contributed by atoms with Crippen molar-refractivity contribution in [3.8, 4) is 10.6 Å². The van der Waals surface area contributed by atoms with Gasteiger partial charge in [0.1, 0.15) is 17.4 Å². The molecule has 0 unspecified atom stereocenters. The Labute approximate surface area is 201 Å². The van der Waals surface area contributed by atoms with Crippen LogP contribution in [0.5, 0.6) is 0 Å². The lowest BCUT2D eigenvalue weighted by molar-refractivity contribution is -0.114. The van der Waals surface area contributed by atoms with Gasteiger partial charge in [-0.05, 0) is 38.1 Å². The van der Waals surface area contributed by atoms with Gasteiger partial charge >= 0.3 is 0 Å². The summed E-state index contributed by atoms with van der Waals surface area (Å²) in [5, 5.41) is 11.5. The zero-order valence-corrected chi connectivity index (χ0v) is 20.0. The number of hydrogen-bond donors (Lipinski definition) is 1. The van der Waals surface area contributed by atoms with Gasteiger partial charge in [-0.3, -0.25) is 14.4 Å². The summed E-state index contributed by atoms with van der Waals surface area (Å²) in [6.07, 6.45) is 0. The molecule has 0 saturated heterocycles. The quantitative estimate of drug-likeness (QED) is 0.397. The van der Waals surface area contributed by atoms with Gasteiger partial charge in [0.25, 0.3) is 10.0 Å². The molecule has 0 aliphatic rings. The van der Waals surface area contributed by atoms with Crippen LogP contribution in [0.2, 0.25) is 0 Å². The smallest absolute Gasteiger partial charge is 0.264 e. The van der Waals surface area contributed by atoms with Gasteiger partial charge in [0, 0.05) is 5.56 Å². The summed E-state index contributed by atoms with van der Waals surface area (Å²) in [5.74, 6) is -1.44. The van der Waals surface area contributed by atoms with E-state index >= 15 is 0 Å². The van der Waals surface area contributed by atoms with E-state index in [4.69, 9.17) is 0 Å². The molecule has 1 N–H and O–H groups in total. The molecule has 10 heteroatoms. The molecule has 0 fully saturated rings. The van der Waals surface area contributed by atoms with Crippen LogP contribution in [0.15, 0.2) is 77.7 Å². The molecule has 0 aliphatic carbocycles. The lowest BCUT2D eigenvalue weighted by Gasteiger charge is -2.24. The number of sulfonamides is 1. The number of benzene rings is 3. The first kappa shape index (κ1) is 23.5. The zero-order chi connectivity index (χ0) is 24.3. The number of rotatable bonds is 7. The molecule has 174 valence electrons. The van der Waals surface area contributed by atoms with E-state index in [1.165, 1.54) is 30.3 Å². The van der Waals surface area contributed by atoms with E-state index < -0.39 is 28.3 Å². The number of halogens is 1. The van der Waals surface area contributed by atoms with Crippen LogP contribution in [0.1, 0.15) is 11.1 Å². The molecule has 4 aromatic rings. The van der Waals surface area contributed by atoms with Crippen LogP contribution in [0.25, 0.3) is 10.6 Å². The van der Waals surface area contributed by atoms with E-state index in [1.807, 2.05) is 38.1 Å². The maximum absolute atomic E-state index is 14.6. The molecule has 3 aromatic carbocycles. The Bertz CT molecular complexity index is 1420. The molecule has 0 aliphatic heterocycles. The fourth-order valence-corrected chi connectivity index (χ4v) is 5.36. The van der Waals surface area contributed by atoms with Crippen LogP contribution in [-0.2, 0) is 14.8 Å². The number of aromatic nitrogens is 2. The fourth-order valence-electron chi connectivity index (χ4n) is 3.17. The molecule has 0 saturated carbocycles. The summed E-state index contributed by atoms with van der Waals surface area (Å²) in [4.78, 5) is 12.8. The number of nitrogens with one attached hydrogen (secondary N) is 1. The molecule has 1 amide bonds. The Balaban J connectivity index is 1.59. The van der Waals surface area contributed by atoms with E-state index in [-0.39, 0.29) is 15.7 Å². The van der Waals surface area contributed by atoms with E-state index in [9.17, 15) is 17.6 Å². The first-order chi connectivity index (χ1) is 16.2. The van der Waals surface area contributed by atoms with Crippen LogP contribution in [0, 0.1) is 19.7 Å². The topological polar surface area (TPSA) is 92.3 Å². The third kappa shape index (κ3) is 5.13. The van der Waals surface area contributed by atoms with Gasteiger partial charge in [0.15, 0.2) is 0 Å². The fraction of sp³-hybridized carbons (Fsp3) is 0.125. The van der Waals surface area contributed by atoms with Crippen molar-refractivity contribution in [1.82, 2.24) is 10.2 Å². The third-order valence-corrected chi connectivity index (χ3v) is 7.65. The maximum Gasteiger partial charge on any atom is 0.264 e. The lowest BCUT2D eigenvalue weighted by Crippen LogP contribution is -2.38. The second-order valence-corrected chi connectivity index (χ2v) is 10.4.